The van der Waals surface area contributed by atoms with Crippen LogP contribution < -0.4 is 55.7 Å². The Kier molecular flexibility index (Phi) is 31.8. The van der Waals surface area contributed by atoms with Crippen LogP contribution in [0.3, 0.4) is 0 Å². The van der Waals surface area contributed by atoms with Gasteiger partial charge in [-0.1, -0.05) is 36.7 Å². The van der Waals surface area contributed by atoms with E-state index in [0.717, 1.165) is 31.4 Å². The molecule has 2 aromatic carbocycles. The topological polar surface area (TPSA) is 470 Å². The maximum Gasteiger partial charge on any atom is 0.431 e. The average molecular weight is 1490 g/mol. The third-order valence-electron chi connectivity index (χ3n) is 10.5. The maximum atomic E-state index is 12.9. The molecule has 45 heteroatoms. The lowest BCUT2D eigenvalue weighted by Gasteiger charge is -2.15. The van der Waals surface area contributed by atoms with Gasteiger partial charge in [0.1, 0.15) is 24.0 Å². The summed E-state index contributed by atoms with van der Waals surface area (Å²) in [6.07, 6.45) is -4.53. The molecule has 96 heavy (non-hydrogen) atoms. The molecule has 6 rings (SSSR count). The van der Waals surface area contributed by atoms with E-state index in [4.69, 9.17) is 40.5 Å². The van der Waals surface area contributed by atoms with Crippen molar-refractivity contribution in [1.29, 1.82) is 0 Å². The quantitative estimate of drug-likeness (QED) is 0.0247. The lowest BCUT2D eigenvalue weighted by Crippen LogP contribution is -2.40. The molecule has 4 heterocycles. The predicted octanol–water partition coefficient (Wildman–Crippen LogP) is 3.82. The zero-order valence-corrected chi connectivity index (χ0v) is 57.0. The Morgan fingerprint density at radius 3 is 1.82 bits per heavy atom. The number of esters is 1. The molecule has 0 fully saturated rings. The van der Waals surface area contributed by atoms with Crippen LogP contribution in [0.2, 0.25) is 5.02 Å². The number of amides is 4. The Morgan fingerprint density at radius 1 is 0.781 bits per heavy atom. The van der Waals surface area contributed by atoms with Crippen molar-refractivity contribution < 1.29 is 109 Å². The molecule has 4 amide bonds. The summed E-state index contributed by atoms with van der Waals surface area (Å²) in [4.78, 5) is 110. The number of nitrogens with one attached hydrogen (secondary N) is 5. The fourth-order valence-electron chi connectivity index (χ4n) is 6.62. The number of methoxy groups -OCH3 is 3. The number of hydrogen-bond donors (Lipinski definition) is 7. The van der Waals surface area contributed by atoms with Gasteiger partial charge in [-0.3, -0.25) is 30.1 Å². The van der Waals surface area contributed by atoms with Crippen molar-refractivity contribution in [3.8, 4) is 23.5 Å². The van der Waals surface area contributed by atoms with Crippen molar-refractivity contribution in [1.82, 2.24) is 53.8 Å². The fraction of sp³-hybridized carbons (Fsp3) is 0.373. The van der Waals surface area contributed by atoms with E-state index in [1.807, 2.05) is 5.32 Å². The predicted molar refractivity (Wildman–Crippen MR) is 331 cm³/mol. The Balaban J connectivity index is 0.000000445. The van der Waals surface area contributed by atoms with Crippen LogP contribution in [0.1, 0.15) is 54.6 Å². The Bertz CT molecular complexity index is 4220. The highest BCUT2D eigenvalue weighted by molar-refractivity contribution is 7.94. The molecule has 0 radical (unpaired) electrons. The molecule has 1 unspecified atom stereocenters. The van der Waals surface area contributed by atoms with Gasteiger partial charge in [-0.2, -0.15) is 59.7 Å². The van der Waals surface area contributed by atoms with Gasteiger partial charge in [0.15, 0.2) is 14.9 Å². The molecular weight excluding hydrogens is 1420 g/mol. The van der Waals surface area contributed by atoms with Crippen molar-refractivity contribution in [3.63, 3.8) is 0 Å². The number of pyridine rings is 1. The molecule has 0 aliphatic rings. The molecule has 7 N–H and O–H groups in total. The highest BCUT2D eigenvalue weighted by Crippen LogP contribution is 2.29. The van der Waals surface area contributed by atoms with Gasteiger partial charge >= 0.3 is 48.1 Å². The van der Waals surface area contributed by atoms with Crippen LogP contribution in [0.15, 0.2) is 97.3 Å². The number of carbonyl (C=O) groups excluding carboxylic acids is 3. The minimum Gasteiger partial charge on any atom is -0.778 e. The van der Waals surface area contributed by atoms with Gasteiger partial charge in [-0.05, 0) is 80.0 Å². The third kappa shape index (κ3) is 28.4. The number of aryl methyl sites for hydroxylation is 2. The second-order valence-corrected chi connectivity index (χ2v) is 29.0. The number of nitrogens with zero attached hydrogens (tertiary/aromatic N) is 8. The SMILES string of the molecule is CC(C)OC(=O)c1cc(-n2c(=O)cc(C(F)(F)F)n(C)c2=O)ccc1Cl.CCS(=O)(=O)c1cccnc1S(=O)(=O)NC(=O)Nc1nc(OC)cc(OC)n1.COc1nc(C)nc(NC(=O)NS(=O)(=O)c2ccccc2CCC(F)(F)F)n1.C[S+](C)C.O=C(O)CNCP(=O)([O-])O. The van der Waals surface area contributed by atoms with Crippen molar-refractivity contribution in [3.05, 3.63) is 121 Å². The zero-order chi connectivity index (χ0) is 73.5. The number of benzene rings is 2. The summed E-state index contributed by atoms with van der Waals surface area (Å²) in [5.41, 5.74) is -4.08. The molecule has 4 aromatic heterocycles. The first-order chi connectivity index (χ1) is 44.2. The molecule has 0 aliphatic carbocycles. The van der Waals surface area contributed by atoms with E-state index in [0.29, 0.717) is 26.1 Å². The first-order valence-electron chi connectivity index (χ1n) is 26.3. The van der Waals surface area contributed by atoms with Crippen molar-refractivity contribution in [2.45, 2.75) is 73.8 Å². The normalized spacial score (nSPS) is 12.0. The van der Waals surface area contributed by atoms with Crippen LogP contribution in [0, 0.1) is 6.92 Å². The number of rotatable bonds is 20. The van der Waals surface area contributed by atoms with E-state index in [1.54, 1.807) is 23.3 Å². The van der Waals surface area contributed by atoms with E-state index in [-0.39, 0.29) is 63.1 Å². The molecule has 0 aliphatic heterocycles. The summed E-state index contributed by atoms with van der Waals surface area (Å²) in [6, 6.07) is 10.2. The zero-order valence-electron chi connectivity index (χ0n) is 52.1. The number of hydrogen-bond acceptors (Lipinski definition) is 25. The van der Waals surface area contributed by atoms with Gasteiger partial charge in [0.2, 0.25) is 23.7 Å². The van der Waals surface area contributed by atoms with Crippen LogP contribution in [-0.4, -0.2) is 169 Å². The van der Waals surface area contributed by atoms with Gasteiger partial charge in [0.05, 0.1) is 92.0 Å². The Labute approximate surface area is 551 Å². The van der Waals surface area contributed by atoms with E-state index < -0.39 is 137 Å². The van der Waals surface area contributed by atoms with Gasteiger partial charge in [0, 0.05) is 25.7 Å². The molecule has 1 atom stereocenters. The summed E-state index contributed by atoms with van der Waals surface area (Å²) in [5.74, 6) is -2.53. The highest BCUT2D eigenvalue weighted by Gasteiger charge is 2.36. The number of sulfone groups is 1. The summed E-state index contributed by atoms with van der Waals surface area (Å²) >= 11 is 5.94. The number of carbonyl (C=O) groups is 4. The summed E-state index contributed by atoms with van der Waals surface area (Å²) in [6.45, 7) is 5.61. The lowest BCUT2D eigenvalue weighted by atomic mass is 10.1. The first kappa shape index (κ1) is 83.5. The second-order valence-electron chi connectivity index (χ2n) is 19.0. The number of aromatic nitrogens is 8. The first-order valence-corrected chi connectivity index (χ1v) is 35.5. The minimum absolute atomic E-state index is 0.0104. The van der Waals surface area contributed by atoms with Crippen molar-refractivity contribution in [2.75, 3.05) is 69.3 Å². The number of aliphatic carboxylic acids is 1. The Hall–Kier alpha value is -8.58. The minimum atomic E-state index is -4.86. The van der Waals surface area contributed by atoms with Crippen molar-refractivity contribution >= 4 is 95.9 Å². The van der Waals surface area contributed by atoms with Gasteiger partial charge in [-0.25, -0.2) is 55.0 Å². The second kappa shape index (κ2) is 36.5. The third-order valence-corrected chi connectivity index (χ3v) is 16.1. The molecule has 0 spiro atoms. The van der Waals surface area contributed by atoms with Crippen LogP contribution in [0.5, 0.6) is 17.8 Å². The van der Waals surface area contributed by atoms with Gasteiger partial charge < -0.3 is 38.4 Å². The van der Waals surface area contributed by atoms with E-state index >= 15 is 0 Å². The Morgan fingerprint density at radius 2 is 1.32 bits per heavy atom. The number of anilines is 2. The summed E-state index contributed by atoms with van der Waals surface area (Å²) in [5, 5.41) is 13.4. The molecule has 0 saturated carbocycles. The van der Waals surface area contributed by atoms with Crippen LogP contribution in [0.25, 0.3) is 5.69 Å². The van der Waals surface area contributed by atoms with Crippen LogP contribution in [0.4, 0.5) is 47.8 Å². The molecule has 6 aromatic rings. The van der Waals surface area contributed by atoms with Crippen LogP contribution in [-0.2, 0) is 74.5 Å². The lowest BCUT2D eigenvalue weighted by molar-refractivity contribution is -0.193. The smallest absolute Gasteiger partial charge is 0.431 e. The number of ether oxygens (including phenoxy) is 4. The molecular formula is C51H63ClF6N13O20PS4. The van der Waals surface area contributed by atoms with E-state index in [2.05, 4.69) is 59.3 Å². The molecule has 0 saturated heterocycles. The van der Waals surface area contributed by atoms with E-state index in [1.165, 1.54) is 77.6 Å². The number of carboxylic acid groups (broad SMARTS) is 1. The van der Waals surface area contributed by atoms with Crippen molar-refractivity contribution in [2.24, 2.45) is 7.05 Å². The summed E-state index contributed by atoms with van der Waals surface area (Å²) < 4.78 is 184. The standard InChI is InChI=1S/C16H14ClF3N2O4.C15H16F3N5O4S.C14H17N5O7S2.C3H8NO5P.C3H9S/c1-8(2)26-14(24)10-6-9(4-5-11(10)17)22-13(23)7-12(16(18,19)20)21(3)15(22)25;1-9-19-12(22-14(20-9)27-2)21-13(24)23-28(25,26)11-6-4-3-5-10(11)7-8-15(16,17)18;1-4-27(21,22)9-6-5-7-15-12(9)28(23,24)19-14(20)18-13-16-10(25-2)8-11(17-13)26-3;5-3(6)1-4-2-10(7,8)9;1-4(2)3/h4-8H,1-3H3;3-6H,7-8H2,1-2H3,(H2,19,20,21,22,23,24);5-8H,4H2,1-3H3,(H2,16,17,18,19,20);4H,1-2H2,(H,5,6)(H2,7,8,9);1-3H3/q;;;;+1/p-1. The van der Waals surface area contributed by atoms with E-state index in [9.17, 15) is 89.8 Å². The summed E-state index contributed by atoms with van der Waals surface area (Å²) in [7, 11) is -11.8. The number of carboxylic acids is 1. The highest BCUT2D eigenvalue weighted by atomic mass is 35.5. The largest absolute Gasteiger partial charge is 0.778 e. The molecule has 0 bridgehead atoms. The fourth-order valence-corrected chi connectivity index (χ4v) is 10.9. The number of alkyl halides is 6. The number of sulfonamides is 2. The van der Waals surface area contributed by atoms with Gasteiger partial charge in [-0.15, -0.1) is 0 Å². The number of halogens is 7. The molecule has 530 valence electrons. The maximum absolute atomic E-state index is 12.9. The van der Waals surface area contributed by atoms with Gasteiger partial charge in [0.25, 0.3) is 25.6 Å². The van der Waals surface area contributed by atoms with Crippen LogP contribution >= 0.6 is 19.2 Å². The molecule has 33 nitrogen and oxygen atoms in total. The average Bonchev–Trinajstić information content (AvgIpc) is 0.793. The monoisotopic (exact) mass is 1490 g/mol. The number of urea groups is 2.